The lowest BCUT2D eigenvalue weighted by molar-refractivity contribution is -0.113. The molecule has 0 saturated heterocycles. The fourth-order valence-electron chi connectivity index (χ4n) is 2.76. The summed E-state index contributed by atoms with van der Waals surface area (Å²) < 4.78 is 1.71. The maximum atomic E-state index is 12.5. The molecule has 0 unspecified atom stereocenters. The molecule has 4 rings (SSSR count). The molecule has 3 N–H and O–H groups in total. The molecule has 0 fully saturated rings. The van der Waals surface area contributed by atoms with Gasteiger partial charge in [-0.15, -0.1) is 21.5 Å². The zero-order chi connectivity index (χ0) is 21.6. The molecule has 160 valence electrons. The van der Waals surface area contributed by atoms with Crippen LogP contribution in [0.15, 0.2) is 40.9 Å². The van der Waals surface area contributed by atoms with Gasteiger partial charge in [-0.2, -0.15) is 9.97 Å². The molecule has 0 aliphatic heterocycles. The van der Waals surface area contributed by atoms with Gasteiger partial charge in [0.25, 0.3) is 5.78 Å². The van der Waals surface area contributed by atoms with E-state index < -0.39 is 0 Å². The van der Waals surface area contributed by atoms with Gasteiger partial charge >= 0.3 is 0 Å². The van der Waals surface area contributed by atoms with Crippen LogP contribution in [0.25, 0.3) is 17.0 Å². The molecule has 1 aromatic carbocycles. The van der Waals surface area contributed by atoms with Crippen LogP contribution in [0.5, 0.6) is 0 Å². The fraction of sp³-hybridized carbons (Fsp3) is 0.263. The van der Waals surface area contributed by atoms with Gasteiger partial charge in [-0.25, -0.2) is 9.38 Å². The number of fused-ring (bicyclic) bond motifs is 1. The number of hydrogen-bond donors (Lipinski definition) is 3. The van der Waals surface area contributed by atoms with Gasteiger partial charge in [-0.05, 0) is 13.8 Å². The van der Waals surface area contributed by atoms with E-state index in [9.17, 15) is 4.79 Å². The molecule has 0 aliphatic carbocycles. The Hall–Kier alpha value is -3.25. The number of thioether (sulfide) groups is 1. The monoisotopic (exact) mass is 455 g/mol. The predicted octanol–water partition coefficient (Wildman–Crippen LogP) is 3.24. The van der Waals surface area contributed by atoms with Gasteiger partial charge in [0, 0.05) is 24.0 Å². The van der Waals surface area contributed by atoms with Crippen molar-refractivity contribution < 1.29 is 4.79 Å². The van der Waals surface area contributed by atoms with Gasteiger partial charge in [0.15, 0.2) is 10.3 Å². The summed E-state index contributed by atoms with van der Waals surface area (Å²) >= 11 is 2.65. The van der Waals surface area contributed by atoms with E-state index in [1.165, 1.54) is 23.1 Å². The molecule has 12 heteroatoms. The van der Waals surface area contributed by atoms with E-state index in [2.05, 4.69) is 41.1 Å². The van der Waals surface area contributed by atoms with Crippen LogP contribution in [0.4, 0.5) is 17.0 Å². The number of benzene rings is 1. The summed E-state index contributed by atoms with van der Waals surface area (Å²) in [5.74, 6) is 1.44. The summed E-state index contributed by atoms with van der Waals surface area (Å²) in [5, 5.41) is 20.4. The molecule has 0 saturated carbocycles. The SMILES string of the molecule is CCNc1nc(NCC)n2c(SCC(=O)Nc3nc(-c4ccccc4)cs3)nnc2n1. The Morgan fingerprint density at radius 3 is 2.65 bits per heavy atom. The first kappa shape index (κ1) is 21.0. The Morgan fingerprint density at radius 2 is 1.87 bits per heavy atom. The van der Waals surface area contributed by atoms with Crippen molar-refractivity contribution in [3.05, 3.63) is 35.7 Å². The highest BCUT2D eigenvalue weighted by molar-refractivity contribution is 7.99. The number of hydrogen-bond acceptors (Lipinski definition) is 10. The maximum Gasteiger partial charge on any atom is 0.261 e. The number of carbonyl (C=O) groups is 1. The zero-order valence-electron chi connectivity index (χ0n) is 17.0. The molecule has 0 bridgehead atoms. The van der Waals surface area contributed by atoms with E-state index in [4.69, 9.17) is 0 Å². The summed E-state index contributed by atoms with van der Waals surface area (Å²) in [7, 11) is 0. The summed E-state index contributed by atoms with van der Waals surface area (Å²) in [6.45, 7) is 5.31. The number of carbonyl (C=O) groups excluding carboxylic acids is 1. The fourth-order valence-corrected chi connectivity index (χ4v) is 4.22. The highest BCUT2D eigenvalue weighted by Crippen LogP contribution is 2.25. The van der Waals surface area contributed by atoms with E-state index in [-0.39, 0.29) is 11.7 Å². The van der Waals surface area contributed by atoms with Crippen molar-refractivity contribution in [1.29, 1.82) is 0 Å². The van der Waals surface area contributed by atoms with Gasteiger partial charge in [0.2, 0.25) is 17.8 Å². The van der Waals surface area contributed by atoms with Gasteiger partial charge in [-0.3, -0.25) is 4.79 Å². The van der Waals surface area contributed by atoms with E-state index in [0.29, 0.717) is 41.1 Å². The topological polar surface area (TPSA) is 122 Å². The largest absolute Gasteiger partial charge is 0.355 e. The summed E-state index contributed by atoms with van der Waals surface area (Å²) in [4.78, 5) is 25.8. The quantitative estimate of drug-likeness (QED) is 0.326. The van der Waals surface area contributed by atoms with E-state index in [0.717, 1.165) is 11.3 Å². The van der Waals surface area contributed by atoms with Crippen LogP contribution in [0.1, 0.15) is 13.8 Å². The molecule has 4 aromatic rings. The molecular weight excluding hydrogens is 434 g/mol. The molecule has 31 heavy (non-hydrogen) atoms. The third kappa shape index (κ3) is 4.91. The summed E-state index contributed by atoms with van der Waals surface area (Å²) in [5.41, 5.74) is 1.84. The van der Waals surface area contributed by atoms with Crippen LogP contribution in [0, 0.1) is 0 Å². The van der Waals surface area contributed by atoms with Crippen LogP contribution >= 0.6 is 23.1 Å². The Balaban J connectivity index is 1.44. The van der Waals surface area contributed by atoms with Gasteiger partial charge in [-0.1, -0.05) is 42.1 Å². The van der Waals surface area contributed by atoms with Gasteiger partial charge in [0.05, 0.1) is 11.4 Å². The lowest BCUT2D eigenvalue weighted by Crippen LogP contribution is -2.15. The van der Waals surface area contributed by atoms with Crippen molar-refractivity contribution in [2.45, 2.75) is 19.0 Å². The van der Waals surface area contributed by atoms with E-state index in [1.54, 1.807) is 4.40 Å². The van der Waals surface area contributed by atoms with Crippen molar-refractivity contribution in [3.63, 3.8) is 0 Å². The Kier molecular flexibility index (Phi) is 6.57. The molecule has 3 aromatic heterocycles. The molecular formula is C19H21N9OS2. The van der Waals surface area contributed by atoms with Crippen molar-refractivity contribution in [3.8, 4) is 11.3 Å². The van der Waals surface area contributed by atoms with Crippen LogP contribution in [-0.2, 0) is 4.79 Å². The van der Waals surface area contributed by atoms with E-state index in [1.807, 2.05) is 49.6 Å². The number of amides is 1. The summed E-state index contributed by atoms with van der Waals surface area (Å²) in [6, 6.07) is 9.84. The molecule has 10 nitrogen and oxygen atoms in total. The van der Waals surface area contributed by atoms with Gasteiger partial charge < -0.3 is 16.0 Å². The lowest BCUT2D eigenvalue weighted by Gasteiger charge is -2.09. The lowest BCUT2D eigenvalue weighted by atomic mass is 10.2. The standard InChI is InChI=1S/C19H21N9OS2/c1-3-20-15-24-16(21-4-2)28-17(25-15)26-27-19(28)31-11-14(29)23-18-22-13(10-30-18)12-8-6-5-7-9-12/h5-10H,3-4,11H2,1-2H3,(H,22,23,29)(H2,20,21,24,25,26). The van der Waals surface area contributed by atoms with Crippen LogP contribution in [0.3, 0.4) is 0 Å². The second-order valence-electron chi connectivity index (χ2n) is 6.29. The zero-order valence-corrected chi connectivity index (χ0v) is 18.6. The third-order valence-electron chi connectivity index (χ3n) is 4.07. The Labute approximate surface area is 186 Å². The minimum atomic E-state index is -0.175. The van der Waals surface area contributed by atoms with Crippen LogP contribution < -0.4 is 16.0 Å². The second kappa shape index (κ2) is 9.71. The van der Waals surface area contributed by atoms with Crippen LogP contribution in [0.2, 0.25) is 0 Å². The third-order valence-corrected chi connectivity index (χ3v) is 5.75. The van der Waals surface area contributed by atoms with Gasteiger partial charge in [0.1, 0.15) is 0 Å². The molecule has 0 radical (unpaired) electrons. The molecule has 1 amide bonds. The maximum absolute atomic E-state index is 12.5. The predicted molar refractivity (Wildman–Crippen MR) is 124 cm³/mol. The minimum absolute atomic E-state index is 0.154. The van der Waals surface area contributed by atoms with Crippen molar-refractivity contribution in [2.24, 2.45) is 0 Å². The highest BCUT2D eigenvalue weighted by Gasteiger charge is 2.16. The molecule has 3 heterocycles. The number of thiazole rings is 1. The first-order valence-corrected chi connectivity index (χ1v) is 11.6. The van der Waals surface area contributed by atoms with Crippen molar-refractivity contribution in [2.75, 3.05) is 34.8 Å². The molecule has 0 spiro atoms. The molecule has 0 aliphatic rings. The van der Waals surface area contributed by atoms with Crippen molar-refractivity contribution in [1.82, 2.24) is 29.5 Å². The number of aromatic nitrogens is 6. The number of rotatable bonds is 9. The Bertz CT molecular complexity index is 1180. The number of nitrogens with zero attached hydrogens (tertiary/aromatic N) is 6. The summed E-state index contributed by atoms with van der Waals surface area (Å²) in [6.07, 6.45) is 0. The average Bonchev–Trinajstić information content (AvgIpc) is 3.40. The van der Waals surface area contributed by atoms with Crippen LogP contribution in [-0.4, -0.2) is 54.3 Å². The normalized spacial score (nSPS) is 10.9. The Morgan fingerprint density at radius 1 is 1.06 bits per heavy atom. The average molecular weight is 456 g/mol. The second-order valence-corrected chi connectivity index (χ2v) is 8.09. The first-order chi connectivity index (χ1) is 15.2. The first-order valence-electron chi connectivity index (χ1n) is 9.72. The van der Waals surface area contributed by atoms with Crippen molar-refractivity contribution >= 4 is 51.8 Å². The number of anilines is 3. The van der Waals surface area contributed by atoms with E-state index >= 15 is 0 Å². The smallest absolute Gasteiger partial charge is 0.261 e. The number of nitrogens with one attached hydrogen (secondary N) is 3. The highest BCUT2D eigenvalue weighted by atomic mass is 32.2. The molecule has 0 atom stereocenters. The minimum Gasteiger partial charge on any atom is -0.355 e.